The summed E-state index contributed by atoms with van der Waals surface area (Å²) in [6.07, 6.45) is 1.35. The number of carboxylic acids is 1. The first kappa shape index (κ1) is 22.6. The zero-order valence-corrected chi connectivity index (χ0v) is 19.2. The number of nitrogens with zero attached hydrogens (tertiary/aromatic N) is 2. The molecule has 5 rings (SSSR count). The number of benzene rings is 2. The number of carbonyl (C=O) groups is 3. The summed E-state index contributed by atoms with van der Waals surface area (Å²) >= 11 is 0. The molecule has 9 heteroatoms. The molecule has 0 bridgehead atoms. The van der Waals surface area contributed by atoms with Gasteiger partial charge in [-0.15, -0.1) is 0 Å². The topological polar surface area (TPSA) is 123 Å². The molecule has 1 fully saturated rings. The van der Waals surface area contributed by atoms with E-state index < -0.39 is 29.9 Å². The zero-order chi connectivity index (χ0) is 24.5. The summed E-state index contributed by atoms with van der Waals surface area (Å²) in [5, 5.41) is 18.6. The van der Waals surface area contributed by atoms with Crippen molar-refractivity contribution in [3.63, 3.8) is 0 Å². The van der Waals surface area contributed by atoms with Gasteiger partial charge in [0, 0.05) is 25.7 Å². The van der Waals surface area contributed by atoms with Gasteiger partial charge in [-0.05, 0) is 40.7 Å². The number of fused-ring (bicyclic) bond motifs is 3. The van der Waals surface area contributed by atoms with E-state index in [1.165, 1.54) is 10.9 Å². The van der Waals surface area contributed by atoms with Crippen LogP contribution in [0.1, 0.15) is 35.2 Å². The lowest BCUT2D eigenvalue weighted by atomic mass is 9.98. The summed E-state index contributed by atoms with van der Waals surface area (Å²) in [6.45, 7) is 0.360. The van der Waals surface area contributed by atoms with Gasteiger partial charge in [-0.25, -0.2) is 4.79 Å². The number of amides is 2. The molecule has 3 unspecified atom stereocenters. The van der Waals surface area contributed by atoms with Gasteiger partial charge >= 0.3 is 12.1 Å². The number of alkyl carbamates (subject to hydrolysis) is 1. The Kier molecular flexibility index (Phi) is 5.98. The van der Waals surface area contributed by atoms with Crippen LogP contribution in [-0.4, -0.2) is 46.0 Å². The fourth-order valence-electron chi connectivity index (χ4n) is 4.81. The van der Waals surface area contributed by atoms with Gasteiger partial charge in [0.2, 0.25) is 5.91 Å². The van der Waals surface area contributed by atoms with E-state index in [9.17, 15) is 14.4 Å². The van der Waals surface area contributed by atoms with Crippen LogP contribution in [0.3, 0.4) is 0 Å². The molecule has 0 spiro atoms. The minimum atomic E-state index is -1.03. The number of carboxylic acid groups (broad SMARTS) is 1. The average Bonchev–Trinajstić information content (AvgIpc) is 3.42. The summed E-state index contributed by atoms with van der Waals surface area (Å²) in [6, 6.07) is 16.7. The standard InChI is InChI=1S/C26H26N4O5/c1-30-22(10-11-28-30)23(24(31)27-13-15-12-20(15)25(32)33)29-26(34)35-14-21-18-8-4-2-6-16(18)17-7-3-5-9-19(17)21/h2-11,15,20-21,23H,12-14H2,1H3,(H,27,31)(H,29,34)(H,32,33). The summed E-state index contributed by atoms with van der Waals surface area (Å²) in [7, 11) is 1.68. The molecule has 3 atom stereocenters. The normalized spacial score (nSPS) is 18.8. The number of ether oxygens (including phenoxy) is 1. The predicted molar refractivity (Wildman–Crippen MR) is 126 cm³/mol. The van der Waals surface area contributed by atoms with E-state index in [2.05, 4.69) is 27.9 Å². The van der Waals surface area contributed by atoms with Crippen LogP contribution in [0, 0.1) is 11.8 Å². The van der Waals surface area contributed by atoms with Gasteiger partial charge in [0.15, 0.2) is 6.04 Å². The number of hydrogen-bond donors (Lipinski definition) is 3. The summed E-state index contributed by atoms with van der Waals surface area (Å²) in [4.78, 5) is 36.8. The lowest BCUT2D eigenvalue weighted by Crippen LogP contribution is -2.42. The molecule has 0 radical (unpaired) electrons. The molecule has 35 heavy (non-hydrogen) atoms. The molecule has 0 saturated heterocycles. The molecule has 180 valence electrons. The SMILES string of the molecule is Cn1nccc1C(NC(=O)OCC1c2ccccc2-c2ccccc21)C(=O)NCC1CC1C(=O)O. The van der Waals surface area contributed by atoms with Crippen molar-refractivity contribution in [2.24, 2.45) is 18.9 Å². The number of rotatable bonds is 8. The minimum absolute atomic E-state index is 0.0973. The van der Waals surface area contributed by atoms with Crippen molar-refractivity contribution in [1.82, 2.24) is 20.4 Å². The van der Waals surface area contributed by atoms with E-state index in [4.69, 9.17) is 9.84 Å². The Morgan fingerprint density at radius 2 is 1.74 bits per heavy atom. The van der Waals surface area contributed by atoms with Crippen LogP contribution >= 0.6 is 0 Å². The highest BCUT2D eigenvalue weighted by molar-refractivity contribution is 5.87. The van der Waals surface area contributed by atoms with Crippen molar-refractivity contribution < 1.29 is 24.2 Å². The largest absolute Gasteiger partial charge is 0.481 e. The van der Waals surface area contributed by atoms with E-state index in [-0.39, 0.29) is 25.0 Å². The highest BCUT2D eigenvalue weighted by Gasteiger charge is 2.43. The Bertz CT molecular complexity index is 1240. The van der Waals surface area contributed by atoms with Crippen molar-refractivity contribution in [1.29, 1.82) is 0 Å². The van der Waals surface area contributed by atoms with Crippen LogP contribution in [-0.2, 0) is 21.4 Å². The summed E-state index contributed by atoms with van der Waals surface area (Å²) in [5.74, 6) is -1.93. The molecule has 2 aliphatic rings. The number of aryl methyl sites for hydroxylation is 1. The Labute approximate surface area is 202 Å². The first-order chi connectivity index (χ1) is 16.9. The first-order valence-corrected chi connectivity index (χ1v) is 11.5. The van der Waals surface area contributed by atoms with E-state index in [1.54, 1.807) is 13.1 Å². The highest BCUT2D eigenvalue weighted by atomic mass is 16.5. The van der Waals surface area contributed by atoms with Gasteiger partial charge in [0.05, 0.1) is 11.6 Å². The van der Waals surface area contributed by atoms with Gasteiger partial charge in [-0.2, -0.15) is 5.10 Å². The number of carbonyl (C=O) groups excluding carboxylic acids is 2. The monoisotopic (exact) mass is 474 g/mol. The van der Waals surface area contributed by atoms with Crippen LogP contribution in [0.5, 0.6) is 0 Å². The van der Waals surface area contributed by atoms with Crippen LogP contribution < -0.4 is 10.6 Å². The van der Waals surface area contributed by atoms with E-state index in [0.29, 0.717) is 12.1 Å². The smallest absolute Gasteiger partial charge is 0.408 e. The Morgan fingerprint density at radius 1 is 1.09 bits per heavy atom. The fraction of sp³-hybridized carbons (Fsp3) is 0.308. The van der Waals surface area contributed by atoms with Crippen LogP contribution in [0.25, 0.3) is 11.1 Å². The second-order valence-electron chi connectivity index (χ2n) is 8.97. The minimum Gasteiger partial charge on any atom is -0.481 e. The van der Waals surface area contributed by atoms with E-state index in [1.807, 2.05) is 36.4 Å². The molecule has 1 heterocycles. The second-order valence-corrected chi connectivity index (χ2v) is 8.97. The van der Waals surface area contributed by atoms with Crippen LogP contribution in [0.4, 0.5) is 4.79 Å². The Morgan fingerprint density at radius 3 is 2.31 bits per heavy atom. The number of hydrogen-bond acceptors (Lipinski definition) is 5. The van der Waals surface area contributed by atoms with Crippen LogP contribution in [0.2, 0.25) is 0 Å². The van der Waals surface area contributed by atoms with Gasteiger partial charge in [-0.3, -0.25) is 14.3 Å². The van der Waals surface area contributed by atoms with Crippen molar-refractivity contribution in [2.45, 2.75) is 18.4 Å². The van der Waals surface area contributed by atoms with Gasteiger partial charge in [-0.1, -0.05) is 48.5 Å². The number of aromatic nitrogens is 2. The molecular weight excluding hydrogens is 448 g/mol. The maximum absolute atomic E-state index is 13.0. The second kappa shape index (κ2) is 9.25. The third-order valence-corrected chi connectivity index (χ3v) is 6.80. The quantitative estimate of drug-likeness (QED) is 0.461. The molecule has 9 nitrogen and oxygen atoms in total. The van der Waals surface area contributed by atoms with Crippen LogP contribution in [0.15, 0.2) is 60.8 Å². The molecule has 1 aromatic heterocycles. The van der Waals surface area contributed by atoms with Crippen molar-refractivity contribution in [3.8, 4) is 11.1 Å². The number of nitrogens with one attached hydrogen (secondary N) is 2. The number of aliphatic carboxylic acids is 1. The molecular formula is C26H26N4O5. The van der Waals surface area contributed by atoms with Crippen molar-refractivity contribution in [3.05, 3.63) is 77.6 Å². The first-order valence-electron chi connectivity index (χ1n) is 11.5. The third kappa shape index (κ3) is 4.49. The van der Waals surface area contributed by atoms with Gasteiger partial charge in [0.1, 0.15) is 6.61 Å². The average molecular weight is 475 g/mol. The molecule has 2 amide bonds. The Hall–Kier alpha value is -4.14. The lowest BCUT2D eigenvalue weighted by Gasteiger charge is -2.20. The molecule has 3 aromatic rings. The van der Waals surface area contributed by atoms with E-state index in [0.717, 1.165) is 22.3 Å². The lowest BCUT2D eigenvalue weighted by molar-refractivity contribution is -0.139. The van der Waals surface area contributed by atoms with Crippen molar-refractivity contribution >= 4 is 18.0 Å². The highest BCUT2D eigenvalue weighted by Crippen LogP contribution is 2.44. The van der Waals surface area contributed by atoms with Crippen molar-refractivity contribution in [2.75, 3.05) is 13.2 Å². The van der Waals surface area contributed by atoms with Gasteiger partial charge in [0.25, 0.3) is 0 Å². The molecule has 1 saturated carbocycles. The van der Waals surface area contributed by atoms with Gasteiger partial charge < -0.3 is 20.5 Å². The molecule has 3 N–H and O–H groups in total. The fourth-order valence-corrected chi connectivity index (χ4v) is 4.81. The Balaban J connectivity index is 1.25. The zero-order valence-electron chi connectivity index (χ0n) is 19.2. The molecule has 0 aliphatic heterocycles. The van der Waals surface area contributed by atoms with E-state index >= 15 is 0 Å². The predicted octanol–water partition coefficient (Wildman–Crippen LogP) is 2.84. The summed E-state index contributed by atoms with van der Waals surface area (Å²) in [5.41, 5.74) is 4.94. The molecule has 2 aliphatic carbocycles. The maximum Gasteiger partial charge on any atom is 0.408 e. The molecule has 2 aromatic carbocycles. The third-order valence-electron chi connectivity index (χ3n) is 6.80. The maximum atomic E-state index is 13.0. The summed E-state index contributed by atoms with van der Waals surface area (Å²) < 4.78 is 7.11.